The van der Waals surface area contributed by atoms with Crippen molar-refractivity contribution < 1.29 is 14.6 Å². The number of benzene rings is 3. The molecule has 3 rings (SSSR count). The topological polar surface area (TPSA) is 61.8 Å². The highest BCUT2D eigenvalue weighted by Crippen LogP contribution is 2.28. The minimum Gasteiger partial charge on any atom is -0.497 e. The zero-order valence-electron chi connectivity index (χ0n) is 17.9. The second-order valence-electron chi connectivity index (χ2n) is 7.40. The number of hydrogen-bond donors (Lipinski definition) is 2. The number of rotatable bonds is 11. The van der Waals surface area contributed by atoms with Crippen LogP contribution in [0, 0.1) is 0 Å². The molecule has 0 saturated carbocycles. The highest BCUT2D eigenvalue weighted by molar-refractivity contribution is 5.78. The fourth-order valence-electron chi connectivity index (χ4n) is 3.64. The molecule has 0 atom stereocenters. The average Bonchev–Trinajstić information content (AvgIpc) is 2.83. The van der Waals surface area contributed by atoms with E-state index in [2.05, 4.69) is 34.5 Å². The summed E-state index contributed by atoms with van der Waals surface area (Å²) in [6.07, 6.45) is 0.599. The van der Waals surface area contributed by atoms with E-state index in [4.69, 9.17) is 4.74 Å². The fraction of sp³-hybridized carbons (Fsp3) is 0.269. The number of nitrogens with one attached hydrogen (secondary N) is 1. The molecule has 1 amide bonds. The summed E-state index contributed by atoms with van der Waals surface area (Å²) >= 11 is 0. The Balaban J connectivity index is 1.75. The van der Waals surface area contributed by atoms with Gasteiger partial charge in [-0.1, -0.05) is 72.8 Å². The van der Waals surface area contributed by atoms with Crippen molar-refractivity contribution in [2.24, 2.45) is 0 Å². The quantitative estimate of drug-likeness (QED) is 0.497. The second kappa shape index (κ2) is 11.9. The minimum atomic E-state index is -0.0688. The third-order valence-corrected chi connectivity index (χ3v) is 5.19. The molecule has 3 aromatic rings. The number of methoxy groups -OCH3 is 1. The molecule has 5 heteroatoms. The SMILES string of the molecule is COc1ccc(CNC(=O)CN(CCCO)C(c2ccccc2)c2ccccc2)cc1. The number of carbonyl (C=O) groups excluding carboxylic acids is 1. The van der Waals surface area contributed by atoms with Gasteiger partial charge in [-0.3, -0.25) is 9.69 Å². The lowest BCUT2D eigenvalue weighted by atomic mass is 9.96. The number of aliphatic hydroxyl groups is 1. The summed E-state index contributed by atoms with van der Waals surface area (Å²) < 4.78 is 5.18. The highest BCUT2D eigenvalue weighted by atomic mass is 16.5. The van der Waals surface area contributed by atoms with E-state index in [1.807, 2.05) is 60.7 Å². The van der Waals surface area contributed by atoms with Crippen LogP contribution in [0.15, 0.2) is 84.9 Å². The predicted molar refractivity (Wildman–Crippen MR) is 123 cm³/mol. The molecule has 0 aliphatic heterocycles. The lowest BCUT2D eigenvalue weighted by Crippen LogP contribution is -2.40. The molecule has 162 valence electrons. The summed E-state index contributed by atoms with van der Waals surface area (Å²) in [6, 6.07) is 28.0. The Kier molecular flexibility index (Phi) is 8.64. The molecule has 0 aromatic heterocycles. The molecule has 0 heterocycles. The van der Waals surface area contributed by atoms with Crippen LogP contribution in [-0.2, 0) is 11.3 Å². The lowest BCUT2D eigenvalue weighted by Gasteiger charge is -2.32. The van der Waals surface area contributed by atoms with Gasteiger partial charge in [0, 0.05) is 19.7 Å². The molecule has 5 nitrogen and oxygen atoms in total. The fourth-order valence-corrected chi connectivity index (χ4v) is 3.64. The maximum atomic E-state index is 12.8. The number of carbonyl (C=O) groups is 1. The number of ether oxygens (including phenoxy) is 1. The predicted octanol–water partition coefficient (Wildman–Crippen LogP) is 3.79. The van der Waals surface area contributed by atoms with E-state index in [1.54, 1.807) is 7.11 Å². The molecule has 0 spiro atoms. The first-order chi connectivity index (χ1) is 15.2. The van der Waals surface area contributed by atoms with Gasteiger partial charge in [0.1, 0.15) is 5.75 Å². The van der Waals surface area contributed by atoms with Crippen LogP contribution in [0.4, 0.5) is 0 Å². The Labute approximate surface area is 184 Å². The van der Waals surface area contributed by atoms with Gasteiger partial charge in [-0.15, -0.1) is 0 Å². The van der Waals surface area contributed by atoms with E-state index in [-0.39, 0.29) is 25.1 Å². The van der Waals surface area contributed by atoms with Crippen LogP contribution >= 0.6 is 0 Å². The van der Waals surface area contributed by atoms with Crippen molar-refractivity contribution in [3.8, 4) is 5.75 Å². The molecule has 31 heavy (non-hydrogen) atoms. The summed E-state index contributed by atoms with van der Waals surface area (Å²) in [6.45, 7) is 1.39. The number of aliphatic hydroxyl groups excluding tert-OH is 1. The van der Waals surface area contributed by atoms with Gasteiger partial charge >= 0.3 is 0 Å². The Morgan fingerprint density at radius 3 is 2.03 bits per heavy atom. The van der Waals surface area contributed by atoms with Crippen molar-refractivity contribution in [2.45, 2.75) is 19.0 Å². The van der Waals surface area contributed by atoms with Crippen LogP contribution in [0.5, 0.6) is 5.75 Å². The highest BCUT2D eigenvalue weighted by Gasteiger charge is 2.24. The molecule has 0 unspecified atom stereocenters. The molecular formula is C26H30N2O3. The van der Waals surface area contributed by atoms with Crippen LogP contribution < -0.4 is 10.1 Å². The van der Waals surface area contributed by atoms with E-state index in [9.17, 15) is 9.90 Å². The number of amides is 1. The monoisotopic (exact) mass is 418 g/mol. The van der Waals surface area contributed by atoms with Gasteiger partial charge in [-0.05, 0) is 35.2 Å². The first kappa shape index (κ1) is 22.5. The lowest BCUT2D eigenvalue weighted by molar-refractivity contribution is -0.122. The molecule has 0 radical (unpaired) electrons. The van der Waals surface area contributed by atoms with E-state index < -0.39 is 0 Å². The van der Waals surface area contributed by atoms with E-state index >= 15 is 0 Å². The van der Waals surface area contributed by atoms with Gasteiger partial charge in [0.05, 0.1) is 19.7 Å². The number of nitrogens with zero attached hydrogens (tertiary/aromatic N) is 1. The maximum absolute atomic E-state index is 12.8. The van der Waals surface area contributed by atoms with Gasteiger partial charge in [-0.2, -0.15) is 0 Å². The zero-order chi connectivity index (χ0) is 21.9. The zero-order valence-corrected chi connectivity index (χ0v) is 17.9. The summed E-state index contributed by atoms with van der Waals surface area (Å²) in [4.78, 5) is 15.0. The maximum Gasteiger partial charge on any atom is 0.234 e. The van der Waals surface area contributed by atoms with Crippen LogP contribution in [-0.4, -0.2) is 42.7 Å². The van der Waals surface area contributed by atoms with Crippen molar-refractivity contribution in [3.05, 3.63) is 102 Å². The van der Waals surface area contributed by atoms with Crippen molar-refractivity contribution in [3.63, 3.8) is 0 Å². The molecule has 0 fully saturated rings. The van der Waals surface area contributed by atoms with Crippen molar-refractivity contribution in [2.75, 3.05) is 26.8 Å². The summed E-state index contributed by atoms with van der Waals surface area (Å²) in [5.41, 5.74) is 3.25. The molecule has 0 saturated heterocycles. The summed E-state index contributed by atoms with van der Waals surface area (Å²) in [5.74, 6) is 0.740. The Morgan fingerprint density at radius 2 is 1.52 bits per heavy atom. The third-order valence-electron chi connectivity index (χ3n) is 5.19. The van der Waals surface area contributed by atoms with Crippen LogP contribution in [0.25, 0.3) is 0 Å². The first-order valence-corrected chi connectivity index (χ1v) is 10.6. The smallest absolute Gasteiger partial charge is 0.234 e. The van der Waals surface area contributed by atoms with Crippen LogP contribution in [0.3, 0.4) is 0 Å². The van der Waals surface area contributed by atoms with Crippen molar-refractivity contribution in [1.29, 1.82) is 0 Å². The van der Waals surface area contributed by atoms with Crippen molar-refractivity contribution in [1.82, 2.24) is 10.2 Å². The number of hydrogen-bond acceptors (Lipinski definition) is 4. The van der Waals surface area contributed by atoms with Gasteiger partial charge in [0.15, 0.2) is 0 Å². The van der Waals surface area contributed by atoms with Crippen LogP contribution in [0.2, 0.25) is 0 Å². The van der Waals surface area contributed by atoms with E-state index in [1.165, 1.54) is 0 Å². The summed E-state index contributed by atoms with van der Waals surface area (Å²) in [7, 11) is 1.63. The molecule has 2 N–H and O–H groups in total. The minimum absolute atomic E-state index is 0.0504. The third kappa shape index (κ3) is 6.67. The Bertz CT molecular complexity index is 875. The molecule has 0 aliphatic rings. The first-order valence-electron chi connectivity index (χ1n) is 10.6. The van der Waals surface area contributed by atoms with Crippen LogP contribution in [0.1, 0.15) is 29.2 Å². The Hall–Kier alpha value is -3.15. The largest absolute Gasteiger partial charge is 0.497 e. The second-order valence-corrected chi connectivity index (χ2v) is 7.40. The standard InChI is InChI=1S/C26H30N2O3/c1-31-24-15-13-21(14-16-24)19-27-25(30)20-28(17-8-18-29)26(22-9-4-2-5-10-22)23-11-6-3-7-12-23/h2-7,9-16,26,29H,8,17-20H2,1H3,(H,27,30). The van der Waals surface area contributed by atoms with E-state index in [0.29, 0.717) is 19.5 Å². The molecular weight excluding hydrogens is 388 g/mol. The summed E-state index contributed by atoms with van der Waals surface area (Å²) in [5, 5.41) is 12.4. The Morgan fingerprint density at radius 1 is 0.935 bits per heavy atom. The van der Waals surface area contributed by atoms with Gasteiger partial charge in [0.2, 0.25) is 5.91 Å². The molecule has 0 aliphatic carbocycles. The van der Waals surface area contributed by atoms with E-state index in [0.717, 1.165) is 22.4 Å². The normalized spacial score (nSPS) is 11.0. The van der Waals surface area contributed by atoms with Crippen molar-refractivity contribution >= 4 is 5.91 Å². The molecule has 0 bridgehead atoms. The average molecular weight is 419 g/mol. The van der Waals surface area contributed by atoms with Gasteiger partial charge in [-0.25, -0.2) is 0 Å². The molecule has 3 aromatic carbocycles. The van der Waals surface area contributed by atoms with Gasteiger partial charge < -0.3 is 15.2 Å². The van der Waals surface area contributed by atoms with Gasteiger partial charge in [0.25, 0.3) is 0 Å².